The highest BCUT2D eigenvalue weighted by molar-refractivity contribution is 6.30. The standard InChI is InChI=1S/C22H27ClF3N5O/c1-21(2,3)31-20(29-18(28)12-17(27)13-6-5-9-16(23)11-13)30-19(32)14-7-4-8-15(10-14)22(24,25)26/h4-11,17-18H,12,27-28H2,1-3H3,(H2,29,30,31,32). The van der Waals surface area contributed by atoms with Crippen LogP contribution in [0.3, 0.4) is 0 Å². The first-order valence-electron chi connectivity index (χ1n) is 9.86. The van der Waals surface area contributed by atoms with Gasteiger partial charge in [-0.3, -0.25) is 4.79 Å². The predicted octanol–water partition coefficient (Wildman–Crippen LogP) is 4.21. The van der Waals surface area contributed by atoms with Gasteiger partial charge in [0.15, 0.2) is 0 Å². The molecule has 0 aliphatic carbocycles. The number of guanidine groups is 1. The molecule has 2 aromatic rings. The van der Waals surface area contributed by atoms with Gasteiger partial charge in [0.1, 0.15) is 0 Å². The number of nitrogens with one attached hydrogen (secondary N) is 2. The van der Waals surface area contributed by atoms with Gasteiger partial charge in [-0.2, -0.15) is 18.2 Å². The molecular formula is C22H27ClF3N5O. The molecule has 2 atom stereocenters. The molecule has 0 bridgehead atoms. The second kappa shape index (κ2) is 10.3. The molecule has 6 N–H and O–H groups in total. The summed E-state index contributed by atoms with van der Waals surface area (Å²) in [5.41, 5.74) is 11.5. The number of hydrogen-bond donors (Lipinski definition) is 4. The van der Waals surface area contributed by atoms with Gasteiger partial charge in [-0.1, -0.05) is 29.8 Å². The molecule has 0 aliphatic rings. The van der Waals surface area contributed by atoms with Crippen molar-refractivity contribution in [2.75, 3.05) is 0 Å². The molecule has 0 aromatic heterocycles. The number of alkyl halides is 3. The number of nitrogens with two attached hydrogens (primary N) is 2. The van der Waals surface area contributed by atoms with Crippen LogP contribution in [0.25, 0.3) is 0 Å². The first-order valence-corrected chi connectivity index (χ1v) is 10.2. The van der Waals surface area contributed by atoms with Crippen molar-refractivity contribution in [3.8, 4) is 0 Å². The number of aliphatic imine (C=N–C) groups is 1. The Labute approximate surface area is 190 Å². The molecule has 2 rings (SSSR count). The van der Waals surface area contributed by atoms with E-state index in [1.807, 2.05) is 26.8 Å². The van der Waals surface area contributed by atoms with E-state index in [4.69, 9.17) is 23.1 Å². The number of nitrogens with zero attached hydrogens (tertiary/aromatic N) is 1. The lowest BCUT2D eigenvalue weighted by Crippen LogP contribution is -2.54. The molecule has 0 saturated carbocycles. The van der Waals surface area contributed by atoms with Crippen LogP contribution in [0.15, 0.2) is 53.5 Å². The zero-order chi connectivity index (χ0) is 24.1. The van der Waals surface area contributed by atoms with Crippen molar-refractivity contribution in [2.45, 2.75) is 51.1 Å². The van der Waals surface area contributed by atoms with Crippen LogP contribution >= 0.6 is 11.6 Å². The molecule has 0 radical (unpaired) electrons. The molecule has 0 heterocycles. The average Bonchev–Trinajstić information content (AvgIpc) is 2.65. The van der Waals surface area contributed by atoms with Gasteiger partial charge in [-0.15, -0.1) is 0 Å². The minimum absolute atomic E-state index is 0.0331. The fourth-order valence-electron chi connectivity index (χ4n) is 2.83. The van der Waals surface area contributed by atoms with E-state index in [1.54, 1.807) is 18.2 Å². The zero-order valence-corrected chi connectivity index (χ0v) is 18.8. The van der Waals surface area contributed by atoms with Crippen molar-refractivity contribution in [3.63, 3.8) is 0 Å². The summed E-state index contributed by atoms with van der Waals surface area (Å²) in [5, 5.41) is 6.45. The number of carbonyl (C=O) groups excluding carboxylic acids is 1. The summed E-state index contributed by atoms with van der Waals surface area (Å²) in [6, 6.07) is 10.7. The Kier molecular flexibility index (Phi) is 8.28. The van der Waals surface area contributed by atoms with Crippen LogP contribution in [0, 0.1) is 0 Å². The molecule has 2 unspecified atom stereocenters. The van der Waals surface area contributed by atoms with Crippen molar-refractivity contribution in [1.82, 2.24) is 10.6 Å². The van der Waals surface area contributed by atoms with Gasteiger partial charge in [0.05, 0.1) is 11.7 Å². The maximum Gasteiger partial charge on any atom is 0.416 e. The van der Waals surface area contributed by atoms with Gasteiger partial charge in [0, 0.05) is 22.2 Å². The summed E-state index contributed by atoms with van der Waals surface area (Å²) in [6.07, 6.45) is -4.99. The molecule has 0 fully saturated rings. The van der Waals surface area contributed by atoms with Gasteiger partial charge in [0.25, 0.3) is 5.91 Å². The smallest absolute Gasteiger partial charge is 0.351 e. The lowest BCUT2D eigenvalue weighted by molar-refractivity contribution is -0.137. The first kappa shape index (κ1) is 25.6. The number of benzene rings is 2. The van der Waals surface area contributed by atoms with E-state index in [9.17, 15) is 18.0 Å². The lowest BCUT2D eigenvalue weighted by Gasteiger charge is -2.27. The van der Waals surface area contributed by atoms with Gasteiger partial charge in [-0.25, -0.2) is 0 Å². The summed E-state index contributed by atoms with van der Waals surface area (Å²) in [6.45, 7) is 5.51. The maximum absolute atomic E-state index is 13.0. The second-order valence-electron chi connectivity index (χ2n) is 8.37. The Hall–Kier alpha value is -2.62. The highest BCUT2D eigenvalue weighted by Crippen LogP contribution is 2.29. The van der Waals surface area contributed by atoms with Crippen molar-refractivity contribution < 1.29 is 18.0 Å². The summed E-state index contributed by atoms with van der Waals surface area (Å²) >= 11 is 6.00. The van der Waals surface area contributed by atoms with Crippen LogP contribution in [-0.4, -0.2) is 23.6 Å². The maximum atomic E-state index is 13.0. The van der Waals surface area contributed by atoms with Crippen LogP contribution < -0.4 is 22.1 Å². The van der Waals surface area contributed by atoms with Crippen LogP contribution in [0.4, 0.5) is 13.2 Å². The molecule has 6 nitrogen and oxygen atoms in total. The zero-order valence-electron chi connectivity index (χ0n) is 18.0. The van der Waals surface area contributed by atoms with Crippen LogP contribution in [0.5, 0.6) is 0 Å². The van der Waals surface area contributed by atoms with Crippen molar-refractivity contribution in [1.29, 1.82) is 0 Å². The van der Waals surface area contributed by atoms with Gasteiger partial charge < -0.3 is 22.1 Å². The van der Waals surface area contributed by atoms with E-state index in [0.29, 0.717) is 5.02 Å². The minimum Gasteiger partial charge on any atom is -0.351 e. The minimum atomic E-state index is -4.57. The number of carbonyl (C=O) groups is 1. The number of hydrogen-bond acceptors (Lipinski definition) is 3. The van der Waals surface area contributed by atoms with E-state index >= 15 is 0 Å². The van der Waals surface area contributed by atoms with E-state index in [0.717, 1.165) is 23.8 Å². The number of rotatable bonds is 5. The quantitative estimate of drug-likeness (QED) is 0.298. The Morgan fingerprint density at radius 2 is 1.75 bits per heavy atom. The SMILES string of the molecule is CC(C)(C)N/C(=N/C(=O)c1cccc(C(F)(F)F)c1)NC(N)CC(N)c1cccc(Cl)c1. The normalized spacial score (nSPS) is 14.6. The van der Waals surface area contributed by atoms with Crippen LogP contribution in [-0.2, 0) is 6.18 Å². The fraction of sp³-hybridized carbons (Fsp3) is 0.364. The highest BCUT2D eigenvalue weighted by atomic mass is 35.5. The molecule has 0 spiro atoms. The molecule has 174 valence electrons. The van der Waals surface area contributed by atoms with E-state index < -0.39 is 35.4 Å². The van der Waals surface area contributed by atoms with Gasteiger partial charge in [-0.05, 0) is 63.1 Å². The van der Waals surface area contributed by atoms with Crippen molar-refractivity contribution >= 4 is 23.5 Å². The average molecular weight is 470 g/mol. The summed E-state index contributed by atoms with van der Waals surface area (Å²) < 4.78 is 38.9. The number of halogens is 4. The highest BCUT2D eigenvalue weighted by Gasteiger charge is 2.31. The topological polar surface area (TPSA) is 106 Å². The van der Waals surface area contributed by atoms with Crippen LogP contribution in [0.2, 0.25) is 5.02 Å². The molecule has 32 heavy (non-hydrogen) atoms. The lowest BCUT2D eigenvalue weighted by atomic mass is 10.0. The fourth-order valence-corrected chi connectivity index (χ4v) is 3.03. The Balaban J connectivity index is 2.20. The van der Waals surface area contributed by atoms with E-state index in [2.05, 4.69) is 15.6 Å². The molecule has 0 aliphatic heterocycles. The third-order valence-electron chi connectivity index (χ3n) is 4.25. The first-order chi connectivity index (χ1) is 14.7. The Morgan fingerprint density at radius 1 is 1.09 bits per heavy atom. The van der Waals surface area contributed by atoms with Crippen molar-refractivity contribution in [2.24, 2.45) is 16.5 Å². The molecule has 0 saturated heterocycles. The van der Waals surface area contributed by atoms with Gasteiger partial charge in [0.2, 0.25) is 5.96 Å². The molecule has 10 heteroatoms. The third kappa shape index (κ3) is 8.14. The Bertz CT molecular complexity index is 973. The largest absolute Gasteiger partial charge is 0.416 e. The third-order valence-corrected chi connectivity index (χ3v) is 4.49. The van der Waals surface area contributed by atoms with E-state index in [-0.39, 0.29) is 17.9 Å². The second-order valence-corrected chi connectivity index (χ2v) is 8.80. The summed E-state index contributed by atoms with van der Waals surface area (Å²) in [4.78, 5) is 16.5. The molecule has 1 amide bonds. The predicted molar refractivity (Wildman–Crippen MR) is 120 cm³/mol. The number of amides is 1. The summed E-state index contributed by atoms with van der Waals surface area (Å²) in [5.74, 6) is -0.813. The molecule has 2 aromatic carbocycles. The Morgan fingerprint density at radius 3 is 2.34 bits per heavy atom. The van der Waals surface area contributed by atoms with Gasteiger partial charge >= 0.3 is 6.18 Å². The molecular weight excluding hydrogens is 443 g/mol. The summed E-state index contributed by atoms with van der Waals surface area (Å²) in [7, 11) is 0. The van der Waals surface area contributed by atoms with Crippen LogP contribution in [0.1, 0.15) is 54.7 Å². The monoisotopic (exact) mass is 469 g/mol. The van der Waals surface area contributed by atoms with E-state index in [1.165, 1.54) is 6.07 Å². The van der Waals surface area contributed by atoms with Crippen molar-refractivity contribution in [3.05, 3.63) is 70.2 Å².